The zero-order valence-electron chi connectivity index (χ0n) is 21.6. The van der Waals surface area contributed by atoms with Gasteiger partial charge in [0.05, 0.1) is 6.04 Å². The smallest absolute Gasteiger partial charge is 0.489 e. The maximum absolute atomic E-state index is 13.2. The van der Waals surface area contributed by atoms with Gasteiger partial charge in [-0.15, -0.1) is 0 Å². The maximum atomic E-state index is 13.2. The van der Waals surface area contributed by atoms with Crippen LogP contribution in [0.1, 0.15) is 28.3 Å². The summed E-state index contributed by atoms with van der Waals surface area (Å²) < 4.78 is 115. The number of ether oxygens (including phenoxy) is 2. The fourth-order valence-electron chi connectivity index (χ4n) is 3.99. The van der Waals surface area contributed by atoms with Gasteiger partial charge in [0, 0.05) is 6.54 Å². The minimum Gasteiger partial charge on any atom is -0.489 e. The molecule has 0 fully saturated rings. The quantitative estimate of drug-likeness (QED) is 0.190. The van der Waals surface area contributed by atoms with E-state index in [2.05, 4.69) is 4.74 Å². The number of halogens is 9. The number of hydrogen-bond acceptors (Lipinski definition) is 5. The molecule has 1 unspecified atom stereocenters. The van der Waals surface area contributed by atoms with Gasteiger partial charge < -0.3 is 14.4 Å². The normalized spacial score (nSPS) is 15.0. The summed E-state index contributed by atoms with van der Waals surface area (Å²) in [6, 6.07) is 23.1. The van der Waals surface area contributed by atoms with Gasteiger partial charge in [-0.1, -0.05) is 66.7 Å². The lowest BCUT2D eigenvalue weighted by atomic mass is 9.88. The first-order valence-corrected chi connectivity index (χ1v) is 12.1. The van der Waals surface area contributed by atoms with E-state index in [9.17, 15) is 53.9 Å². The lowest BCUT2D eigenvalue weighted by Gasteiger charge is -2.38. The van der Waals surface area contributed by atoms with E-state index in [1.165, 1.54) is 0 Å². The summed E-state index contributed by atoms with van der Waals surface area (Å²) in [4.78, 5) is 32.3. The standard InChI is InChI=1S/C24H20F3NO2.C4F6O3/c25-24(26,27)23(29)28-15-14-18-8-4-5-9-21(18)22(28)19-10-12-20(13-11-19)30-16-17-6-2-1-3-7-17;5-3(6,7)1(11)13-2(12)4(8,9)10/h1-13,22H,14-16H2;. The van der Waals surface area contributed by atoms with Crippen molar-refractivity contribution in [2.75, 3.05) is 6.54 Å². The van der Waals surface area contributed by atoms with Crippen molar-refractivity contribution in [2.45, 2.75) is 37.6 Å². The molecule has 0 saturated carbocycles. The van der Waals surface area contributed by atoms with Crippen LogP contribution in [0.25, 0.3) is 0 Å². The summed E-state index contributed by atoms with van der Waals surface area (Å²) in [7, 11) is 0. The van der Waals surface area contributed by atoms with Gasteiger partial charge in [0.25, 0.3) is 0 Å². The van der Waals surface area contributed by atoms with Crippen molar-refractivity contribution in [1.29, 1.82) is 0 Å². The van der Waals surface area contributed by atoms with Crippen LogP contribution < -0.4 is 4.74 Å². The maximum Gasteiger partial charge on any atom is 0.491 e. The van der Waals surface area contributed by atoms with E-state index in [0.29, 0.717) is 24.3 Å². The number of alkyl halides is 9. The van der Waals surface area contributed by atoms with Crippen LogP contribution in [0.3, 0.4) is 0 Å². The van der Waals surface area contributed by atoms with Gasteiger partial charge >= 0.3 is 36.4 Å². The topological polar surface area (TPSA) is 72.9 Å². The van der Waals surface area contributed by atoms with Crippen LogP contribution in [0.15, 0.2) is 78.9 Å². The highest BCUT2D eigenvalue weighted by Gasteiger charge is 2.49. The molecule has 4 rings (SSSR count). The van der Waals surface area contributed by atoms with Crippen molar-refractivity contribution in [3.8, 4) is 5.75 Å². The fourth-order valence-corrected chi connectivity index (χ4v) is 3.99. The molecule has 15 heteroatoms. The molecular formula is C28H20F9NO5. The molecule has 43 heavy (non-hydrogen) atoms. The van der Waals surface area contributed by atoms with Crippen molar-refractivity contribution in [3.63, 3.8) is 0 Å². The highest BCUT2D eigenvalue weighted by Crippen LogP contribution is 2.38. The van der Waals surface area contributed by atoms with E-state index in [1.54, 1.807) is 36.4 Å². The van der Waals surface area contributed by atoms with Gasteiger partial charge in [-0.05, 0) is 40.8 Å². The second kappa shape index (κ2) is 13.2. The Bertz CT molecular complexity index is 1400. The number of benzene rings is 3. The van der Waals surface area contributed by atoms with Crippen LogP contribution >= 0.6 is 0 Å². The van der Waals surface area contributed by atoms with Crippen molar-refractivity contribution >= 4 is 17.8 Å². The molecule has 1 amide bonds. The predicted octanol–water partition coefficient (Wildman–Crippen LogP) is 6.48. The monoisotopic (exact) mass is 621 g/mol. The second-order valence-corrected chi connectivity index (χ2v) is 8.86. The zero-order valence-corrected chi connectivity index (χ0v) is 21.6. The number of carbonyl (C=O) groups excluding carboxylic acids is 3. The summed E-state index contributed by atoms with van der Waals surface area (Å²) in [6.07, 6.45) is -15.8. The molecular weight excluding hydrogens is 601 g/mol. The number of fused-ring (bicyclic) bond motifs is 1. The van der Waals surface area contributed by atoms with Crippen LogP contribution in [-0.4, -0.2) is 47.8 Å². The number of nitrogens with zero attached hydrogens (tertiary/aromatic N) is 1. The Morgan fingerprint density at radius 2 is 1.23 bits per heavy atom. The molecule has 1 heterocycles. The molecule has 0 radical (unpaired) electrons. The summed E-state index contributed by atoms with van der Waals surface area (Å²) in [5, 5.41) is 0. The number of carbonyl (C=O) groups is 3. The molecule has 1 aliphatic heterocycles. The SMILES string of the molecule is O=C(N1CCc2ccccc2C1c1ccc(OCc2ccccc2)cc1)C(F)(F)F.O=C(OC(=O)C(F)(F)F)C(F)(F)F. The molecule has 0 N–H and O–H groups in total. The van der Waals surface area contributed by atoms with E-state index in [-0.39, 0.29) is 6.54 Å². The molecule has 230 valence electrons. The fraction of sp³-hybridized carbons (Fsp3) is 0.250. The number of amides is 1. The zero-order chi connectivity index (χ0) is 32.0. The molecule has 3 aromatic rings. The van der Waals surface area contributed by atoms with Gasteiger partial charge in [-0.3, -0.25) is 4.79 Å². The lowest BCUT2D eigenvalue weighted by Crippen LogP contribution is -2.46. The van der Waals surface area contributed by atoms with Gasteiger partial charge in [-0.25, -0.2) is 9.59 Å². The van der Waals surface area contributed by atoms with E-state index in [1.807, 2.05) is 42.5 Å². The van der Waals surface area contributed by atoms with Crippen molar-refractivity contribution in [3.05, 3.63) is 101 Å². The minimum absolute atomic E-state index is 0.0201. The third-order valence-electron chi connectivity index (χ3n) is 5.88. The molecule has 0 aliphatic carbocycles. The Balaban J connectivity index is 0.000000331. The first kappa shape index (κ1) is 32.9. The van der Waals surface area contributed by atoms with Gasteiger partial charge in [-0.2, -0.15) is 39.5 Å². The van der Waals surface area contributed by atoms with Crippen LogP contribution in [0.5, 0.6) is 5.75 Å². The Kier molecular flexibility index (Phi) is 10.1. The van der Waals surface area contributed by atoms with Crippen molar-refractivity contribution < 1.29 is 63.4 Å². The molecule has 3 aromatic carbocycles. The molecule has 0 saturated heterocycles. The summed E-state index contributed by atoms with van der Waals surface area (Å²) >= 11 is 0. The van der Waals surface area contributed by atoms with E-state index in [0.717, 1.165) is 21.6 Å². The molecule has 1 aliphatic rings. The van der Waals surface area contributed by atoms with Crippen molar-refractivity contribution in [1.82, 2.24) is 4.90 Å². The van der Waals surface area contributed by atoms with E-state index in [4.69, 9.17) is 4.74 Å². The predicted molar refractivity (Wildman–Crippen MR) is 130 cm³/mol. The van der Waals surface area contributed by atoms with Gasteiger partial charge in [0.1, 0.15) is 12.4 Å². The highest BCUT2D eigenvalue weighted by molar-refractivity contribution is 5.90. The summed E-state index contributed by atoms with van der Waals surface area (Å²) in [6.45, 7) is 0.414. The van der Waals surface area contributed by atoms with E-state index >= 15 is 0 Å². The Hall–Kier alpha value is -4.56. The van der Waals surface area contributed by atoms with Gasteiger partial charge in [0.15, 0.2) is 0 Å². The van der Waals surface area contributed by atoms with Gasteiger partial charge in [0.2, 0.25) is 0 Å². The first-order chi connectivity index (χ1) is 20.0. The second-order valence-electron chi connectivity index (χ2n) is 8.86. The molecule has 0 spiro atoms. The largest absolute Gasteiger partial charge is 0.491 e. The Labute approximate surface area is 237 Å². The third-order valence-corrected chi connectivity index (χ3v) is 5.88. The minimum atomic E-state index is -5.62. The van der Waals surface area contributed by atoms with Crippen LogP contribution in [0, 0.1) is 0 Å². The molecule has 1 atom stereocenters. The number of hydrogen-bond donors (Lipinski definition) is 0. The van der Waals surface area contributed by atoms with Crippen LogP contribution in [0.4, 0.5) is 39.5 Å². The number of esters is 2. The Morgan fingerprint density at radius 1 is 0.698 bits per heavy atom. The van der Waals surface area contributed by atoms with E-state index < -0.39 is 42.4 Å². The van der Waals surface area contributed by atoms with Crippen LogP contribution in [-0.2, 0) is 32.1 Å². The van der Waals surface area contributed by atoms with Crippen LogP contribution in [0.2, 0.25) is 0 Å². The summed E-state index contributed by atoms with van der Waals surface area (Å²) in [5.41, 5.74) is 3.31. The Morgan fingerprint density at radius 3 is 1.77 bits per heavy atom. The first-order valence-electron chi connectivity index (χ1n) is 12.1. The molecule has 0 bridgehead atoms. The molecule has 6 nitrogen and oxygen atoms in total. The third kappa shape index (κ3) is 8.96. The average Bonchev–Trinajstić information content (AvgIpc) is 2.95. The lowest BCUT2D eigenvalue weighted by molar-refractivity contribution is -0.221. The summed E-state index contributed by atoms with van der Waals surface area (Å²) in [5.74, 6) is -7.60. The highest BCUT2D eigenvalue weighted by atomic mass is 19.4. The number of rotatable bonds is 4. The average molecular weight is 621 g/mol. The molecule has 0 aromatic heterocycles. The van der Waals surface area contributed by atoms with Crippen molar-refractivity contribution in [2.24, 2.45) is 0 Å².